The summed E-state index contributed by atoms with van der Waals surface area (Å²) in [7, 11) is 0. The maximum absolute atomic E-state index is 13.0. The van der Waals surface area contributed by atoms with Crippen molar-refractivity contribution in [1.82, 2.24) is 10.3 Å². The standard InChI is InChI=1S/C20H16FN3OS/c1-13-18(10-14-5-7-17(21)8-6-14)26-19(24-13)12-23-20(25)16-4-2-3-15(9-16)11-22/h2-9H,10,12H2,1H3,(H,23,25). The summed E-state index contributed by atoms with van der Waals surface area (Å²) in [6.45, 7) is 2.25. The van der Waals surface area contributed by atoms with Gasteiger partial charge in [-0.05, 0) is 42.8 Å². The smallest absolute Gasteiger partial charge is 0.251 e. The number of aromatic nitrogens is 1. The first-order valence-electron chi connectivity index (χ1n) is 8.03. The lowest BCUT2D eigenvalue weighted by molar-refractivity contribution is 0.0951. The van der Waals surface area contributed by atoms with Crippen molar-refractivity contribution in [3.63, 3.8) is 0 Å². The highest BCUT2D eigenvalue weighted by Gasteiger charge is 2.11. The molecule has 0 aliphatic carbocycles. The molecule has 3 aromatic rings. The van der Waals surface area contributed by atoms with Crippen LogP contribution in [0.3, 0.4) is 0 Å². The van der Waals surface area contributed by atoms with Crippen molar-refractivity contribution in [3.05, 3.63) is 86.6 Å². The summed E-state index contributed by atoms with van der Waals surface area (Å²) < 4.78 is 13.0. The van der Waals surface area contributed by atoms with Gasteiger partial charge in [-0.15, -0.1) is 11.3 Å². The summed E-state index contributed by atoms with van der Waals surface area (Å²) in [5, 5.41) is 12.5. The van der Waals surface area contributed by atoms with Crippen LogP contribution >= 0.6 is 11.3 Å². The molecule has 0 radical (unpaired) electrons. The Kier molecular flexibility index (Phi) is 5.40. The minimum atomic E-state index is -0.251. The molecule has 6 heteroatoms. The zero-order valence-corrected chi connectivity index (χ0v) is 14.9. The number of thiazole rings is 1. The van der Waals surface area contributed by atoms with E-state index in [9.17, 15) is 9.18 Å². The van der Waals surface area contributed by atoms with Gasteiger partial charge in [0.2, 0.25) is 0 Å². The van der Waals surface area contributed by atoms with Gasteiger partial charge in [0.15, 0.2) is 0 Å². The van der Waals surface area contributed by atoms with Crippen LogP contribution in [0.2, 0.25) is 0 Å². The Balaban J connectivity index is 1.64. The molecule has 1 amide bonds. The van der Waals surface area contributed by atoms with Crippen LogP contribution in [0.1, 0.15) is 37.1 Å². The lowest BCUT2D eigenvalue weighted by Crippen LogP contribution is -2.22. The molecule has 1 N–H and O–H groups in total. The van der Waals surface area contributed by atoms with E-state index in [2.05, 4.69) is 10.3 Å². The van der Waals surface area contributed by atoms with Crippen LogP contribution in [0.15, 0.2) is 48.5 Å². The SMILES string of the molecule is Cc1nc(CNC(=O)c2cccc(C#N)c2)sc1Cc1ccc(F)cc1. The largest absolute Gasteiger partial charge is 0.346 e. The van der Waals surface area contributed by atoms with Gasteiger partial charge in [0, 0.05) is 16.9 Å². The Labute approximate surface area is 154 Å². The molecule has 0 atom stereocenters. The van der Waals surface area contributed by atoms with Crippen LogP contribution in [0.25, 0.3) is 0 Å². The number of benzene rings is 2. The van der Waals surface area contributed by atoms with E-state index in [-0.39, 0.29) is 11.7 Å². The number of nitrogens with one attached hydrogen (secondary N) is 1. The van der Waals surface area contributed by atoms with E-state index >= 15 is 0 Å². The summed E-state index contributed by atoms with van der Waals surface area (Å²) in [6, 6.07) is 15.0. The number of amides is 1. The molecule has 0 aliphatic rings. The van der Waals surface area contributed by atoms with Crippen molar-refractivity contribution in [2.75, 3.05) is 0 Å². The van der Waals surface area contributed by atoms with Gasteiger partial charge in [-0.3, -0.25) is 4.79 Å². The first-order valence-corrected chi connectivity index (χ1v) is 8.85. The number of halogens is 1. The number of aryl methyl sites for hydroxylation is 1. The van der Waals surface area contributed by atoms with Crippen LogP contribution in [-0.2, 0) is 13.0 Å². The highest BCUT2D eigenvalue weighted by atomic mass is 32.1. The second kappa shape index (κ2) is 7.89. The molecule has 3 rings (SSSR count). The highest BCUT2D eigenvalue weighted by molar-refractivity contribution is 7.11. The zero-order chi connectivity index (χ0) is 18.5. The fourth-order valence-electron chi connectivity index (χ4n) is 2.50. The summed E-state index contributed by atoms with van der Waals surface area (Å²) in [5.74, 6) is -0.492. The third-order valence-electron chi connectivity index (χ3n) is 3.87. The number of nitrogens with zero attached hydrogens (tertiary/aromatic N) is 2. The van der Waals surface area contributed by atoms with Crippen LogP contribution in [0, 0.1) is 24.1 Å². The van der Waals surface area contributed by atoms with Crippen molar-refractivity contribution in [2.24, 2.45) is 0 Å². The molecular formula is C20H16FN3OS. The second-order valence-corrected chi connectivity index (χ2v) is 6.96. The van der Waals surface area contributed by atoms with E-state index in [1.807, 2.05) is 13.0 Å². The van der Waals surface area contributed by atoms with Crippen molar-refractivity contribution >= 4 is 17.2 Å². The van der Waals surface area contributed by atoms with Crippen molar-refractivity contribution in [2.45, 2.75) is 19.9 Å². The molecule has 4 nitrogen and oxygen atoms in total. The molecule has 0 unspecified atom stereocenters. The lowest BCUT2D eigenvalue weighted by Gasteiger charge is -2.03. The van der Waals surface area contributed by atoms with Crippen molar-refractivity contribution < 1.29 is 9.18 Å². The maximum Gasteiger partial charge on any atom is 0.251 e. The monoisotopic (exact) mass is 365 g/mol. The van der Waals surface area contributed by atoms with Crippen LogP contribution in [0.4, 0.5) is 4.39 Å². The minimum absolute atomic E-state index is 0.241. The van der Waals surface area contributed by atoms with Gasteiger partial charge >= 0.3 is 0 Å². The Morgan fingerprint density at radius 1 is 1.27 bits per heavy atom. The van der Waals surface area contributed by atoms with E-state index in [0.717, 1.165) is 21.1 Å². The average Bonchev–Trinajstić information content (AvgIpc) is 3.01. The fourth-order valence-corrected chi connectivity index (χ4v) is 3.55. The van der Waals surface area contributed by atoms with Gasteiger partial charge < -0.3 is 5.32 Å². The average molecular weight is 365 g/mol. The summed E-state index contributed by atoms with van der Waals surface area (Å²) in [4.78, 5) is 17.8. The van der Waals surface area contributed by atoms with Crippen molar-refractivity contribution in [3.8, 4) is 6.07 Å². The Hall–Kier alpha value is -3.04. The summed E-state index contributed by atoms with van der Waals surface area (Å²) in [5.41, 5.74) is 2.82. The van der Waals surface area contributed by atoms with Crippen molar-refractivity contribution in [1.29, 1.82) is 5.26 Å². The normalized spacial score (nSPS) is 10.3. The van der Waals surface area contributed by atoms with Gasteiger partial charge in [0.1, 0.15) is 10.8 Å². The highest BCUT2D eigenvalue weighted by Crippen LogP contribution is 2.22. The molecule has 130 valence electrons. The van der Waals surface area contributed by atoms with E-state index in [1.165, 1.54) is 23.5 Å². The maximum atomic E-state index is 13.0. The van der Waals surface area contributed by atoms with E-state index < -0.39 is 0 Å². The Morgan fingerprint density at radius 2 is 2.04 bits per heavy atom. The number of carbonyl (C=O) groups is 1. The quantitative estimate of drug-likeness (QED) is 0.744. The molecule has 0 saturated carbocycles. The van der Waals surface area contributed by atoms with Gasteiger partial charge in [-0.1, -0.05) is 18.2 Å². The van der Waals surface area contributed by atoms with Gasteiger partial charge in [0.05, 0.1) is 23.9 Å². The Morgan fingerprint density at radius 3 is 2.77 bits per heavy atom. The minimum Gasteiger partial charge on any atom is -0.346 e. The molecule has 0 fully saturated rings. The molecule has 26 heavy (non-hydrogen) atoms. The van der Waals surface area contributed by atoms with Gasteiger partial charge in [-0.25, -0.2) is 9.37 Å². The molecule has 2 aromatic carbocycles. The first-order chi connectivity index (χ1) is 12.5. The Bertz CT molecular complexity index is 973. The lowest BCUT2D eigenvalue weighted by atomic mass is 10.1. The molecule has 0 spiro atoms. The third-order valence-corrected chi connectivity index (χ3v) is 5.03. The zero-order valence-electron chi connectivity index (χ0n) is 14.1. The van der Waals surface area contributed by atoms with Crippen LogP contribution in [-0.4, -0.2) is 10.9 Å². The number of hydrogen-bond acceptors (Lipinski definition) is 4. The van der Waals surface area contributed by atoms with E-state index in [0.29, 0.717) is 24.1 Å². The second-order valence-electron chi connectivity index (χ2n) is 5.79. The summed E-state index contributed by atoms with van der Waals surface area (Å²) in [6.07, 6.45) is 0.682. The number of rotatable bonds is 5. The number of carbonyl (C=O) groups excluding carboxylic acids is 1. The number of nitriles is 1. The van der Waals surface area contributed by atoms with Crippen LogP contribution < -0.4 is 5.32 Å². The fraction of sp³-hybridized carbons (Fsp3) is 0.150. The molecule has 0 aliphatic heterocycles. The molecule has 1 heterocycles. The predicted octanol–water partition coefficient (Wildman–Crippen LogP) is 3.98. The topological polar surface area (TPSA) is 65.8 Å². The molecular weight excluding hydrogens is 349 g/mol. The van der Waals surface area contributed by atoms with Gasteiger partial charge in [0.25, 0.3) is 5.91 Å². The first kappa shape index (κ1) is 17.8. The summed E-state index contributed by atoms with van der Waals surface area (Å²) >= 11 is 1.53. The number of hydrogen-bond donors (Lipinski definition) is 1. The van der Waals surface area contributed by atoms with E-state index in [1.54, 1.807) is 36.4 Å². The third kappa shape index (κ3) is 4.32. The van der Waals surface area contributed by atoms with Gasteiger partial charge in [-0.2, -0.15) is 5.26 Å². The molecule has 1 aromatic heterocycles. The van der Waals surface area contributed by atoms with E-state index in [4.69, 9.17) is 5.26 Å². The molecule has 0 bridgehead atoms. The molecule has 0 saturated heterocycles. The predicted molar refractivity (Wildman–Crippen MR) is 98.4 cm³/mol. The van der Waals surface area contributed by atoms with Crippen LogP contribution in [0.5, 0.6) is 0 Å².